The van der Waals surface area contributed by atoms with E-state index in [4.69, 9.17) is 10.8 Å². The predicted octanol–water partition coefficient (Wildman–Crippen LogP) is -0.181. The van der Waals surface area contributed by atoms with Crippen LogP contribution in [0.4, 0.5) is 0 Å². The van der Waals surface area contributed by atoms with Gasteiger partial charge in [-0.05, 0) is 24.1 Å². The van der Waals surface area contributed by atoms with Gasteiger partial charge < -0.3 is 10.8 Å². The summed E-state index contributed by atoms with van der Waals surface area (Å²) in [6.07, 6.45) is 0. The number of hydrogen-bond donors (Lipinski definition) is 3. The van der Waals surface area contributed by atoms with Gasteiger partial charge in [0, 0.05) is 5.56 Å². The van der Waals surface area contributed by atoms with Crippen LogP contribution in [0.3, 0.4) is 0 Å². The molecule has 1 unspecified atom stereocenters. The molecular formula is C14H18N2O4S. The summed E-state index contributed by atoms with van der Waals surface area (Å²) in [5.41, 5.74) is 5.65. The van der Waals surface area contributed by atoms with Crippen molar-refractivity contribution >= 4 is 15.9 Å². The zero-order valence-corrected chi connectivity index (χ0v) is 12.6. The fourth-order valence-corrected chi connectivity index (χ4v) is 3.04. The fraction of sp³-hybridized carbons (Fsp3) is 0.357. The van der Waals surface area contributed by atoms with Crippen molar-refractivity contribution in [3.05, 3.63) is 29.8 Å². The highest BCUT2D eigenvalue weighted by molar-refractivity contribution is 7.89. The van der Waals surface area contributed by atoms with Gasteiger partial charge in [-0.15, -0.1) is 0 Å². The SMILES string of the molecule is CC(C)C(NS(=O)(=O)c1cccc(C#CCO)c1)C(N)=O. The van der Waals surface area contributed by atoms with Gasteiger partial charge in [-0.25, -0.2) is 8.42 Å². The number of benzene rings is 1. The molecule has 0 aliphatic heterocycles. The second-order valence-electron chi connectivity index (χ2n) is 4.73. The number of carbonyl (C=O) groups is 1. The summed E-state index contributed by atoms with van der Waals surface area (Å²) in [7, 11) is -3.88. The summed E-state index contributed by atoms with van der Waals surface area (Å²) in [5, 5.41) is 8.64. The number of rotatable bonds is 5. The molecule has 0 saturated heterocycles. The summed E-state index contributed by atoms with van der Waals surface area (Å²) < 4.78 is 26.8. The molecule has 0 heterocycles. The molecule has 0 bridgehead atoms. The van der Waals surface area contributed by atoms with Crippen LogP contribution in [0.2, 0.25) is 0 Å². The van der Waals surface area contributed by atoms with E-state index in [0.717, 1.165) is 0 Å². The van der Waals surface area contributed by atoms with Gasteiger partial charge in [0.15, 0.2) is 0 Å². The zero-order chi connectivity index (χ0) is 16.0. The quantitative estimate of drug-likeness (QED) is 0.655. The van der Waals surface area contributed by atoms with Crippen LogP contribution in [-0.4, -0.2) is 32.1 Å². The number of sulfonamides is 1. The van der Waals surface area contributed by atoms with E-state index >= 15 is 0 Å². The highest BCUT2D eigenvalue weighted by Gasteiger charge is 2.26. The van der Waals surface area contributed by atoms with Crippen LogP contribution < -0.4 is 10.5 Å². The third-order valence-electron chi connectivity index (χ3n) is 2.71. The molecule has 0 aliphatic carbocycles. The summed E-state index contributed by atoms with van der Waals surface area (Å²) in [6, 6.07) is 4.93. The lowest BCUT2D eigenvalue weighted by molar-refractivity contribution is -0.120. The van der Waals surface area contributed by atoms with Crippen molar-refractivity contribution in [1.29, 1.82) is 0 Å². The molecule has 1 atom stereocenters. The number of aliphatic hydroxyl groups excluding tert-OH is 1. The summed E-state index contributed by atoms with van der Waals surface area (Å²) >= 11 is 0. The second-order valence-corrected chi connectivity index (χ2v) is 6.45. The van der Waals surface area contributed by atoms with Gasteiger partial charge in [0.05, 0.1) is 4.90 Å². The normalized spacial score (nSPS) is 12.6. The summed E-state index contributed by atoms with van der Waals surface area (Å²) in [6.45, 7) is 3.08. The topological polar surface area (TPSA) is 109 Å². The van der Waals surface area contributed by atoms with Crippen LogP contribution >= 0.6 is 0 Å². The van der Waals surface area contributed by atoms with Crippen LogP contribution in [-0.2, 0) is 14.8 Å². The summed E-state index contributed by atoms with van der Waals surface area (Å²) in [5.74, 6) is 4.06. The van der Waals surface area contributed by atoms with Crippen molar-refractivity contribution in [2.75, 3.05) is 6.61 Å². The first-order valence-electron chi connectivity index (χ1n) is 6.29. The molecule has 1 aromatic rings. The molecule has 6 nitrogen and oxygen atoms in total. The predicted molar refractivity (Wildman–Crippen MR) is 78.5 cm³/mol. The van der Waals surface area contributed by atoms with Gasteiger partial charge in [0.2, 0.25) is 15.9 Å². The minimum absolute atomic E-state index is 0.0147. The molecule has 0 aromatic heterocycles. The van der Waals surface area contributed by atoms with E-state index in [1.807, 2.05) is 0 Å². The van der Waals surface area contributed by atoms with Gasteiger partial charge in [0.25, 0.3) is 0 Å². The number of nitrogens with two attached hydrogens (primary N) is 1. The summed E-state index contributed by atoms with van der Waals surface area (Å²) in [4.78, 5) is 11.3. The molecule has 0 fully saturated rings. The van der Waals surface area contributed by atoms with E-state index in [2.05, 4.69) is 16.6 Å². The molecule has 1 aromatic carbocycles. The number of hydrogen-bond acceptors (Lipinski definition) is 4. The number of amides is 1. The standard InChI is InChI=1S/C14H18N2O4S/c1-10(2)13(14(15)18)16-21(19,20)12-7-3-5-11(9-12)6-4-8-17/h3,5,7,9-10,13,16-17H,8H2,1-2H3,(H2,15,18). The van der Waals surface area contributed by atoms with Gasteiger partial charge in [0.1, 0.15) is 12.6 Å². The molecule has 0 spiro atoms. The maximum atomic E-state index is 12.3. The van der Waals surface area contributed by atoms with Crippen LogP contribution in [0, 0.1) is 17.8 Å². The molecular weight excluding hydrogens is 292 g/mol. The minimum Gasteiger partial charge on any atom is -0.384 e. The first-order valence-corrected chi connectivity index (χ1v) is 7.77. The Bertz CT molecular complexity index is 672. The number of nitrogens with one attached hydrogen (secondary N) is 1. The monoisotopic (exact) mass is 310 g/mol. The Balaban J connectivity index is 3.10. The van der Waals surface area contributed by atoms with Gasteiger partial charge in [-0.3, -0.25) is 4.79 Å². The van der Waals surface area contributed by atoms with E-state index in [-0.39, 0.29) is 17.4 Å². The molecule has 1 amide bonds. The smallest absolute Gasteiger partial charge is 0.241 e. The van der Waals surface area contributed by atoms with Crippen LogP contribution in [0.1, 0.15) is 19.4 Å². The molecule has 0 aliphatic rings. The van der Waals surface area contributed by atoms with E-state index in [9.17, 15) is 13.2 Å². The first-order chi connectivity index (χ1) is 9.77. The van der Waals surface area contributed by atoms with Gasteiger partial charge in [-0.1, -0.05) is 31.8 Å². The van der Waals surface area contributed by atoms with E-state index < -0.39 is 22.0 Å². The lowest BCUT2D eigenvalue weighted by atomic mass is 10.1. The Labute approximate surface area is 124 Å². The average Bonchev–Trinajstić information content (AvgIpc) is 2.42. The molecule has 7 heteroatoms. The fourth-order valence-electron chi connectivity index (χ4n) is 1.64. The first kappa shape index (κ1) is 17.2. The Kier molecular flexibility index (Phi) is 5.90. The van der Waals surface area contributed by atoms with Crippen molar-refractivity contribution in [3.8, 4) is 11.8 Å². The molecule has 114 valence electrons. The highest BCUT2D eigenvalue weighted by Crippen LogP contribution is 2.13. The molecule has 1 rings (SSSR count). The maximum absolute atomic E-state index is 12.3. The maximum Gasteiger partial charge on any atom is 0.241 e. The Morgan fingerprint density at radius 2 is 2.10 bits per heavy atom. The van der Waals surface area contributed by atoms with Crippen LogP contribution in [0.5, 0.6) is 0 Å². The van der Waals surface area contributed by atoms with Crippen molar-refractivity contribution < 1.29 is 18.3 Å². The molecule has 4 N–H and O–H groups in total. The van der Waals surface area contributed by atoms with Crippen molar-refractivity contribution in [3.63, 3.8) is 0 Å². The minimum atomic E-state index is -3.88. The lowest BCUT2D eigenvalue weighted by Crippen LogP contribution is -2.47. The van der Waals surface area contributed by atoms with Gasteiger partial charge in [-0.2, -0.15) is 4.72 Å². The lowest BCUT2D eigenvalue weighted by Gasteiger charge is -2.18. The largest absolute Gasteiger partial charge is 0.384 e. The van der Waals surface area contributed by atoms with E-state index in [1.165, 1.54) is 18.2 Å². The molecule has 0 saturated carbocycles. The third kappa shape index (κ3) is 4.86. The zero-order valence-electron chi connectivity index (χ0n) is 11.8. The highest BCUT2D eigenvalue weighted by atomic mass is 32.2. The number of primary amides is 1. The van der Waals surface area contributed by atoms with Gasteiger partial charge >= 0.3 is 0 Å². The van der Waals surface area contributed by atoms with Crippen molar-refractivity contribution in [2.24, 2.45) is 11.7 Å². The Hall–Kier alpha value is -1.88. The molecule has 21 heavy (non-hydrogen) atoms. The average molecular weight is 310 g/mol. The third-order valence-corrected chi connectivity index (χ3v) is 4.15. The van der Waals surface area contributed by atoms with Crippen molar-refractivity contribution in [1.82, 2.24) is 4.72 Å². The molecule has 0 radical (unpaired) electrons. The second kappa shape index (κ2) is 7.22. The number of aliphatic hydroxyl groups is 1. The Morgan fingerprint density at radius 3 is 2.62 bits per heavy atom. The Morgan fingerprint density at radius 1 is 1.43 bits per heavy atom. The van der Waals surface area contributed by atoms with E-state index in [1.54, 1.807) is 19.9 Å². The van der Waals surface area contributed by atoms with E-state index in [0.29, 0.717) is 5.56 Å². The van der Waals surface area contributed by atoms with Crippen LogP contribution in [0.25, 0.3) is 0 Å². The van der Waals surface area contributed by atoms with Crippen molar-refractivity contribution in [2.45, 2.75) is 24.8 Å². The van der Waals surface area contributed by atoms with Crippen LogP contribution in [0.15, 0.2) is 29.2 Å². The number of carbonyl (C=O) groups excluding carboxylic acids is 1.